The van der Waals surface area contributed by atoms with Crippen molar-refractivity contribution >= 4 is 23.4 Å². The molecular weight excluding hydrogens is 350 g/mol. The number of para-hydroxylation sites is 2. The summed E-state index contributed by atoms with van der Waals surface area (Å²) in [5.74, 6) is 0.924. The lowest BCUT2D eigenvalue weighted by Gasteiger charge is -2.09. The van der Waals surface area contributed by atoms with Crippen LogP contribution in [-0.2, 0) is 4.79 Å². The molecule has 0 saturated carbocycles. The number of carbonyl (C=O) groups excluding carboxylic acids is 1. The van der Waals surface area contributed by atoms with E-state index in [4.69, 9.17) is 9.15 Å². The maximum Gasteiger partial charge on any atom is 0.277 e. The third-order valence-corrected chi connectivity index (χ3v) is 4.45. The first-order valence-electron chi connectivity index (χ1n) is 8.25. The molecule has 0 radical (unpaired) electrons. The van der Waals surface area contributed by atoms with Crippen molar-refractivity contribution in [3.05, 3.63) is 54.6 Å². The number of hydrogen-bond donors (Lipinski definition) is 1. The van der Waals surface area contributed by atoms with Crippen LogP contribution in [0.1, 0.15) is 13.8 Å². The molecule has 1 atom stereocenters. The van der Waals surface area contributed by atoms with Crippen LogP contribution in [0.25, 0.3) is 11.5 Å². The number of anilines is 1. The summed E-state index contributed by atoms with van der Waals surface area (Å²) in [4.78, 5) is 12.3. The Morgan fingerprint density at radius 3 is 2.65 bits per heavy atom. The quantitative estimate of drug-likeness (QED) is 0.627. The van der Waals surface area contributed by atoms with Crippen molar-refractivity contribution in [3.63, 3.8) is 0 Å². The predicted molar refractivity (Wildman–Crippen MR) is 101 cm³/mol. The predicted octanol–water partition coefficient (Wildman–Crippen LogP) is 4.25. The molecule has 0 saturated heterocycles. The van der Waals surface area contributed by atoms with Crippen molar-refractivity contribution in [3.8, 4) is 17.2 Å². The number of thioether (sulfide) groups is 1. The van der Waals surface area contributed by atoms with Crippen LogP contribution >= 0.6 is 11.8 Å². The van der Waals surface area contributed by atoms with E-state index in [2.05, 4.69) is 15.5 Å². The Balaban J connectivity index is 1.67. The van der Waals surface area contributed by atoms with Crippen molar-refractivity contribution in [2.45, 2.75) is 24.3 Å². The summed E-state index contributed by atoms with van der Waals surface area (Å²) in [7, 11) is 0. The van der Waals surface area contributed by atoms with Crippen molar-refractivity contribution in [1.82, 2.24) is 10.2 Å². The van der Waals surface area contributed by atoms with E-state index in [0.717, 1.165) is 11.3 Å². The second-order valence-corrected chi connectivity index (χ2v) is 6.71. The summed E-state index contributed by atoms with van der Waals surface area (Å²) < 4.78 is 11.3. The summed E-state index contributed by atoms with van der Waals surface area (Å²) in [6.07, 6.45) is 0. The molecule has 3 aromatic rings. The Bertz CT molecular complexity index is 867. The van der Waals surface area contributed by atoms with Crippen molar-refractivity contribution < 1.29 is 13.9 Å². The molecule has 26 heavy (non-hydrogen) atoms. The zero-order chi connectivity index (χ0) is 18.4. The first-order valence-corrected chi connectivity index (χ1v) is 9.13. The number of nitrogens with one attached hydrogen (secondary N) is 1. The molecule has 0 aliphatic carbocycles. The van der Waals surface area contributed by atoms with Crippen LogP contribution in [0.4, 0.5) is 5.69 Å². The van der Waals surface area contributed by atoms with Crippen molar-refractivity contribution in [1.29, 1.82) is 0 Å². The maximum absolute atomic E-state index is 12.3. The molecule has 0 fully saturated rings. The number of carbonyl (C=O) groups is 1. The number of rotatable bonds is 7. The Hall–Kier alpha value is -2.80. The lowest BCUT2D eigenvalue weighted by Crippen LogP contribution is -2.22. The van der Waals surface area contributed by atoms with Gasteiger partial charge < -0.3 is 14.5 Å². The molecule has 1 aromatic heterocycles. The van der Waals surface area contributed by atoms with Crippen LogP contribution in [0.15, 0.2) is 64.2 Å². The molecule has 7 heteroatoms. The van der Waals surface area contributed by atoms with Crippen LogP contribution in [0, 0.1) is 0 Å². The molecule has 134 valence electrons. The molecule has 0 aliphatic heterocycles. The molecule has 0 spiro atoms. The lowest BCUT2D eigenvalue weighted by molar-refractivity contribution is -0.115. The van der Waals surface area contributed by atoms with Crippen LogP contribution in [0.3, 0.4) is 0 Å². The van der Waals surface area contributed by atoms with E-state index in [0.29, 0.717) is 23.5 Å². The van der Waals surface area contributed by atoms with Gasteiger partial charge in [0, 0.05) is 5.69 Å². The van der Waals surface area contributed by atoms with E-state index in [1.165, 1.54) is 11.8 Å². The van der Waals surface area contributed by atoms with Gasteiger partial charge >= 0.3 is 0 Å². The molecule has 3 rings (SSSR count). The average Bonchev–Trinajstić information content (AvgIpc) is 3.11. The third-order valence-electron chi connectivity index (χ3n) is 3.51. The standard InChI is InChI=1S/C19H19N3O3S/c1-3-24-16-12-8-7-11-15(16)18-21-22-19(25-18)26-13(2)17(23)20-14-9-5-4-6-10-14/h4-13H,3H2,1-2H3,(H,20,23)/t13-/m0/s1. The molecule has 6 nitrogen and oxygen atoms in total. The highest BCUT2D eigenvalue weighted by molar-refractivity contribution is 8.00. The molecule has 0 aliphatic rings. The topological polar surface area (TPSA) is 77.2 Å². The third kappa shape index (κ3) is 4.43. The molecule has 0 bridgehead atoms. The van der Waals surface area contributed by atoms with Gasteiger partial charge in [-0.15, -0.1) is 10.2 Å². The van der Waals surface area contributed by atoms with E-state index in [1.807, 2.05) is 61.5 Å². The van der Waals surface area contributed by atoms with Gasteiger partial charge in [0.2, 0.25) is 5.91 Å². The van der Waals surface area contributed by atoms with Crippen LogP contribution < -0.4 is 10.1 Å². The van der Waals surface area contributed by atoms with Crippen LogP contribution in [0.2, 0.25) is 0 Å². The smallest absolute Gasteiger partial charge is 0.277 e. The highest BCUT2D eigenvalue weighted by Gasteiger charge is 2.20. The normalized spacial score (nSPS) is 11.8. The fourth-order valence-electron chi connectivity index (χ4n) is 2.26. The minimum atomic E-state index is -0.384. The average molecular weight is 369 g/mol. The van der Waals surface area contributed by atoms with Gasteiger partial charge in [0.05, 0.1) is 17.4 Å². The first-order chi connectivity index (χ1) is 12.7. The maximum atomic E-state index is 12.3. The minimum Gasteiger partial charge on any atom is -0.493 e. The van der Waals surface area contributed by atoms with Crippen LogP contribution in [0.5, 0.6) is 5.75 Å². The van der Waals surface area contributed by atoms with Gasteiger partial charge in [0.25, 0.3) is 11.1 Å². The van der Waals surface area contributed by atoms with E-state index in [1.54, 1.807) is 6.92 Å². The van der Waals surface area contributed by atoms with Gasteiger partial charge in [-0.25, -0.2) is 0 Å². The summed E-state index contributed by atoms with van der Waals surface area (Å²) in [5, 5.41) is 10.9. The molecule has 1 N–H and O–H groups in total. The van der Waals surface area contributed by atoms with E-state index >= 15 is 0 Å². The largest absolute Gasteiger partial charge is 0.493 e. The summed E-state index contributed by atoms with van der Waals surface area (Å²) in [6, 6.07) is 16.8. The number of hydrogen-bond acceptors (Lipinski definition) is 6. The Morgan fingerprint density at radius 2 is 1.88 bits per heavy atom. The number of ether oxygens (including phenoxy) is 1. The highest BCUT2D eigenvalue weighted by atomic mass is 32.2. The Morgan fingerprint density at radius 1 is 1.15 bits per heavy atom. The summed E-state index contributed by atoms with van der Waals surface area (Å²) in [5.41, 5.74) is 1.48. The second-order valence-electron chi connectivity index (χ2n) is 5.42. The molecule has 0 unspecified atom stereocenters. The number of benzene rings is 2. The molecular formula is C19H19N3O3S. The first kappa shape index (κ1) is 18.0. The van der Waals surface area contributed by atoms with E-state index < -0.39 is 0 Å². The fourth-order valence-corrected chi connectivity index (χ4v) is 2.94. The molecule has 2 aromatic carbocycles. The Labute approximate surface area is 156 Å². The molecule has 1 amide bonds. The summed E-state index contributed by atoms with van der Waals surface area (Å²) >= 11 is 1.21. The van der Waals surface area contributed by atoms with E-state index in [-0.39, 0.29) is 11.2 Å². The highest BCUT2D eigenvalue weighted by Crippen LogP contribution is 2.31. The molecule has 1 heterocycles. The minimum absolute atomic E-state index is 0.129. The zero-order valence-electron chi connectivity index (χ0n) is 14.5. The number of nitrogens with zero attached hydrogens (tertiary/aromatic N) is 2. The van der Waals surface area contributed by atoms with Gasteiger partial charge in [-0.3, -0.25) is 4.79 Å². The zero-order valence-corrected chi connectivity index (χ0v) is 15.3. The number of amides is 1. The lowest BCUT2D eigenvalue weighted by atomic mass is 10.2. The Kier molecular flexibility index (Phi) is 5.91. The van der Waals surface area contributed by atoms with Gasteiger partial charge in [0.1, 0.15) is 5.75 Å². The summed E-state index contributed by atoms with van der Waals surface area (Å²) in [6.45, 7) is 4.25. The van der Waals surface area contributed by atoms with Gasteiger partial charge in [0.15, 0.2) is 0 Å². The van der Waals surface area contributed by atoms with Gasteiger partial charge in [-0.1, -0.05) is 42.1 Å². The van der Waals surface area contributed by atoms with Gasteiger partial charge in [-0.05, 0) is 38.1 Å². The number of aromatic nitrogens is 2. The van der Waals surface area contributed by atoms with Crippen molar-refractivity contribution in [2.24, 2.45) is 0 Å². The van der Waals surface area contributed by atoms with E-state index in [9.17, 15) is 4.79 Å². The monoisotopic (exact) mass is 369 g/mol. The van der Waals surface area contributed by atoms with Crippen molar-refractivity contribution in [2.75, 3.05) is 11.9 Å². The van der Waals surface area contributed by atoms with Gasteiger partial charge in [-0.2, -0.15) is 0 Å². The van der Waals surface area contributed by atoms with Crippen LogP contribution in [-0.4, -0.2) is 28.0 Å². The fraction of sp³-hybridized carbons (Fsp3) is 0.211. The SMILES string of the molecule is CCOc1ccccc1-c1nnc(S[C@@H](C)C(=O)Nc2ccccc2)o1. The second kappa shape index (κ2) is 8.53.